The molecule has 41 heavy (non-hydrogen) atoms. The van der Waals surface area contributed by atoms with Crippen LogP contribution in [0.15, 0.2) is 109 Å². The van der Waals surface area contributed by atoms with Crippen molar-refractivity contribution in [1.82, 2.24) is 4.90 Å². The van der Waals surface area contributed by atoms with Crippen molar-refractivity contribution >= 4 is 30.9 Å². The summed E-state index contributed by atoms with van der Waals surface area (Å²) in [7, 11) is -0.360. The summed E-state index contributed by atoms with van der Waals surface area (Å²) in [5, 5.41) is 0. The Morgan fingerprint density at radius 1 is 0.732 bits per heavy atom. The van der Waals surface area contributed by atoms with E-state index >= 15 is 0 Å². The van der Waals surface area contributed by atoms with E-state index in [0.717, 1.165) is 45.7 Å². The van der Waals surface area contributed by atoms with Gasteiger partial charge in [0.25, 0.3) is 0 Å². The van der Waals surface area contributed by atoms with Crippen LogP contribution < -0.4 is 9.26 Å². The third kappa shape index (κ3) is 9.40. The summed E-state index contributed by atoms with van der Waals surface area (Å²) >= 11 is 6.30. The van der Waals surface area contributed by atoms with Gasteiger partial charge in [0.05, 0.1) is 0 Å². The molecule has 0 saturated carbocycles. The van der Waals surface area contributed by atoms with E-state index in [2.05, 4.69) is 29.2 Å². The van der Waals surface area contributed by atoms with Crippen LogP contribution >= 0.6 is 19.8 Å². The van der Waals surface area contributed by atoms with Gasteiger partial charge in [-0.3, -0.25) is 0 Å². The first kappa shape index (κ1) is 30.7. The Morgan fingerprint density at radius 3 is 1.85 bits per heavy atom. The van der Waals surface area contributed by atoms with E-state index in [1.54, 1.807) is 12.1 Å². The minimum atomic E-state index is -4.39. The average molecular weight is 594 g/mol. The van der Waals surface area contributed by atoms with Crippen molar-refractivity contribution in [2.24, 2.45) is 0 Å². The third-order valence-corrected chi connectivity index (χ3v) is 7.59. The second kappa shape index (κ2) is 15.1. The molecule has 0 atom stereocenters. The topological polar surface area (TPSA) is 71.4 Å². The van der Waals surface area contributed by atoms with Crippen molar-refractivity contribution in [2.45, 2.75) is 13.0 Å². The van der Waals surface area contributed by atoms with E-state index in [1.807, 2.05) is 86.9 Å². The van der Waals surface area contributed by atoms with E-state index in [-0.39, 0.29) is 6.61 Å². The summed E-state index contributed by atoms with van der Waals surface area (Å²) in [6.45, 7) is 1.48. The number of likely N-dealkylation sites (N-methyl/N-ethyl adjacent to an activating group) is 1. The normalized spacial score (nSPS) is 12.6. The van der Waals surface area contributed by atoms with Crippen molar-refractivity contribution in [3.63, 3.8) is 0 Å². The Morgan fingerprint density at radius 2 is 1.29 bits per heavy atom. The van der Waals surface area contributed by atoms with E-state index in [4.69, 9.17) is 25.4 Å². The van der Waals surface area contributed by atoms with Crippen molar-refractivity contribution in [3.05, 3.63) is 131 Å². The molecule has 0 heterocycles. The molecule has 0 radical (unpaired) electrons. The molecule has 0 fully saturated rings. The quantitative estimate of drug-likeness (QED) is 0.0915. The zero-order chi connectivity index (χ0) is 29.1. The fourth-order valence-electron chi connectivity index (χ4n) is 4.35. The van der Waals surface area contributed by atoms with Gasteiger partial charge in [-0.1, -0.05) is 0 Å². The zero-order valence-electron chi connectivity index (χ0n) is 23.4. The van der Waals surface area contributed by atoms with E-state index in [9.17, 15) is 9.79 Å². The van der Waals surface area contributed by atoms with Gasteiger partial charge in [0.15, 0.2) is 0 Å². The van der Waals surface area contributed by atoms with Crippen LogP contribution in [0.5, 0.6) is 11.5 Å². The van der Waals surface area contributed by atoms with Gasteiger partial charge in [0.1, 0.15) is 0 Å². The van der Waals surface area contributed by atoms with Gasteiger partial charge < -0.3 is 4.90 Å². The molecule has 0 aromatic heterocycles. The maximum atomic E-state index is 10.4. The second-order valence-electron chi connectivity index (χ2n) is 9.78. The Labute approximate surface area is 248 Å². The molecule has 0 spiro atoms. The molecule has 8 heteroatoms. The molecule has 0 aliphatic heterocycles. The first-order chi connectivity index (χ1) is 19.8. The van der Waals surface area contributed by atoms with Crippen LogP contribution in [0.3, 0.4) is 0 Å². The number of alkyl halides is 1. The van der Waals surface area contributed by atoms with Crippen LogP contribution in [0.2, 0.25) is 0 Å². The van der Waals surface area contributed by atoms with Crippen LogP contribution in [0.25, 0.3) is 11.1 Å². The SMILES string of the molecule is CN(C)CCOc1ccc(/C(=C(/CCCl)c2ccccc2)c2ccc(O[PH](O)(O)OCc3ccccc3)cc2)cc1. The predicted molar refractivity (Wildman–Crippen MR) is 169 cm³/mol. The van der Waals surface area contributed by atoms with Gasteiger partial charge in [0.2, 0.25) is 0 Å². The number of halogens is 1. The number of benzene rings is 4. The standard InChI is InChI=1S/C33H37ClNO5P/c1-35(2)23-24-38-30-17-13-28(14-18-30)33(32(21-22-34)27-11-7-4-8-12-27)29-15-19-31(20-16-29)40-41(36,37)39-25-26-9-5-3-6-10-26/h3-20,36-37,41H,21-25H2,1-2H3/b33-32+. The van der Waals surface area contributed by atoms with Gasteiger partial charge in [-0.2, -0.15) is 0 Å². The summed E-state index contributed by atoms with van der Waals surface area (Å²) in [5.74, 6) is 1.57. The Kier molecular flexibility index (Phi) is 11.3. The molecule has 0 saturated heterocycles. The molecule has 0 aliphatic carbocycles. The number of hydrogen-bond donors (Lipinski definition) is 2. The molecular weight excluding hydrogens is 557 g/mol. The number of rotatable bonds is 14. The number of nitrogens with zero attached hydrogens (tertiary/aromatic N) is 1. The molecule has 4 aromatic rings. The van der Waals surface area contributed by atoms with Gasteiger partial charge in [-0.15, -0.1) is 0 Å². The van der Waals surface area contributed by atoms with Crippen LogP contribution in [-0.4, -0.2) is 47.8 Å². The molecule has 216 valence electrons. The van der Waals surface area contributed by atoms with E-state index in [1.165, 1.54) is 0 Å². The van der Waals surface area contributed by atoms with Gasteiger partial charge in [-0.05, 0) is 14.1 Å². The molecule has 4 aromatic carbocycles. The Balaban J connectivity index is 1.61. The number of hydrogen-bond acceptors (Lipinski definition) is 6. The number of allylic oxidation sites excluding steroid dienone is 1. The van der Waals surface area contributed by atoms with Crippen LogP contribution in [0.1, 0.15) is 28.7 Å². The molecule has 0 amide bonds. The molecule has 0 bridgehead atoms. The van der Waals surface area contributed by atoms with Crippen LogP contribution in [0.4, 0.5) is 0 Å². The number of ether oxygens (including phenoxy) is 1. The molecule has 0 aliphatic rings. The summed E-state index contributed by atoms with van der Waals surface area (Å²) < 4.78 is 16.7. The first-order valence-electron chi connectivity index (χ1n) is 13.5. The molecule has 0 unspecified atom stereocenters. The van der Waals surface area contributed by atoms with Crippen molar-refractivity contribution in [1.29, 1.82) is 0 Å². The average Bonchev–Trinajstić information content (AvgIpc) is 2.98. The molecular formula is C33H37ClNO5P. The predicted octanol–water partition coefficient (Wildman–Crippen LogP) is 7.21. The van der Waals surface area contributed by atoms with Crippen LogP contribution in [-0.2, 0) is 11.1 Å². The first-order valence-corrected chi connectivity index (χ1v) is 15.7. The van der Waals surface area contributed by atoms with E-state index < -0.39 is 8.17 Å². The van der Waals surface area contributed by atoms with Crippen molar-refractivity contribution < 1.29 is 23.6 Å². The third-order valence-electron chi connectivity index (χ3n) is 6.38. The monoisotopic (exact) mass is 593 g/mol. The van der Waals surface area contributed by atoms with Gasteiger partial charge in [-0.25, -0.2) is 0 Å². The van der Waals surface area contributed by atoms with Crippen LogP contribution in [0, 0.1) is 0 Å². The minimum absolute atomic E-state index is 0.0404. The Hall–Kier alpha value is -3.22. The fourth-order valence-corrected chi connectivity index (χ4v) is 5.40. The fraction of sp³-hybridized carbons (Fsp3) is 0.212. The maximum absolute atomic E-state index is 10.4. The van der Waals surface area contributed by atoms with Gasteiger partial charge >= 0.3 is 223 Å². The summed E-state index contributed by atoms with van der Waals surface area (Å²) in [6, 6.07) is 34.8. The Bertz CT molecular complexity index is 1380. The van der Waals surface area contributed by atoms with Crippen molar-refractivity contribution in [3.8, 4) is 11.5 Å². The second-order valence-corrected chi connectivity index (χ2v) is 11.8. The summed E-state index contributed by atoms with van der Waals surface area (Å²) in [4.78, 5) is 22.9. The molecule has 4 rings (SSSR count). The van der Waals surface area contributed by atoms with Crippen molar-refractivity contribution in [2.75, 3.05) is 33.1 Å². The van der Waals surface area contributed by atoms with E-state index in [0.29, 0.717) is 24.7 Å². The molecule has 6 nitrogen and oxygen atoms in total. The molecule has 2 N–H and O–H groups in total. The summed E-state index contributed by atoms with van der Waals surface area (Å²) in [5.41, 5.74) is 6.00. The summed E-state index contributed by atoms with van der Waals surface area (Å²) in [6.07, 6.45) is 0.664. The zero-order valence-corrected chi connectivity index (χ0v) is 25.1. The van der Waals surface area contributed by atoms with Gasteiger partial charge in [0, 0.05) is 6.54 Å².